The van der Waals surface area contributed by atoms with E-state index in [0.29, 0.717) is 38.5 Å². The average molecular weight is 797 g/mol. The van der Waals surface area contributed by atoms with Gasteiger partial charge in [0.15, 0.2) is 0 Å². The first-order chi connectivity index (χ1) is 28.0. The van der Waals surface area contributed by atoms with Gasteiger partial charge in [-0.3, -0.25) is 14.6 Å². The van der Waals surface area contributed by atoms with Gasteiger partial charge in [0.2, 0.25) is 11.8 Å². The lowest BCUT2D eigenvalue weighted by Crippen LogP contribution is -2.55. The van der Waals surface area contributed by atoms with E-state index in [1.807, 2.05) is 64.1 Å². The molecule has 1 aromatic heterocycles. The number of carbonyl (C=O) groups excluding carboxylic acids is 4. The second kappa shape index (κ2) is 19.2. The molecule has 4 amide bonds. The molecule has 4 N–H and O–H groups in total. The highest BCUT2D eigenvalue weighted by atomic mass is 16.6. The predicted molar refractivity (Wildman–Crippen MR) is 220 cm³/mol. The minimum absolute atomic E-state index is 0.113. The van der Waals surface area contributed by atoms with E-state index in [1.54, 1.807) is 22.2 Å². The van der Waals surface area contributed by atoms with Gasteiger partial charge in [-0.2, -0.15) is 0 Å². The number of imidazole rings is 1. The van der Waals surface area contributed by atoms with E-state index < -0.39 is 24.3 Å². The number of hydrogen-bond acceptors (Lipinski definition) is 10. The van der Waals surface area contributed by atoms with Gasteiger partial charge >= 0.3 is 12.2 Å². The summed E-state index contributed by atoms with van der Waals surface area (Å²) in [5.41, 5.74) is 5.47. The first kappa shape index (κ1) is 41.9. The summed E-state index contributed by atoms with van der Waals surface area (Å²) < 4.78 is 15.6. The number of aromatic nitrogens is 2. The Morgan fingerprint density at radius 2 is 1.47 bits per heavy atom. The van der Waals surface area contributed by atoms with Crippen LogP contribution in [0, 0.1) is 11.8 Å². The number of likely N-dealkylation sites (tertiary alicyclic amines) is 2. The number of alkyl carbamates (subject to hydrolysis) is 2. The van der Waals surface area contributed by atoms with E-state index in [1.165, 1.54) is 7.11 Å². The first-order valence-electron chi connectivity index (χ1n) is 20.2. The summed E-state index contributed by atoms with van der Waals surface area (Å²) in [4.78, 5) is 67.8. The van der Waals surface area contributed by atoms with Crippen molar-refractivity contribution in [3.8, 4) is 22.4 Å². The van der Waals surface area contributed by atoms with Gasteiger partial charge in [0.25, 0.3) is 0 Å². The van der Waals surface area contributed by atoms with Gasteiger partial charge < -0.3 is 44.9 Å². The maximum atomic E-state index is 13.8. The van der Waals surface area contributed by atoms with E-state index in [2.05, 4.69) is 49.8 Å². The van der Waals surface area contributed by atoms with Gasteiger partial charge in [0, 0.05) is 25.7 Å². The molecule has 2 aromatic carbocycles. The smallest absolute Gasteiger partial charge is 0.408 e. The summed E-state index contributed by atoms with van der Waals surface area (Å²) in [6.07, 6.45) is 5.42. The van der Waals surface area contributed by atoms with E-state index in [0.717, 1.165) is 59.3 Å². The fourth-order valence-electron chi connectivity index (χ4n) is 7.79. The molecule has 0 radical (unpaired) electrons. The number of benzene rings is 2. The quantitative estimate of drug-likeness (QED) is 0.145. The predicted octanol–water partition coefficient (Wildman–Crippen LogP) is 5.86. The van der Waals surface area contributed by atoms with Crippen LogP contribution in [0.5, 0.6) is 0 Å². The van der Waals surface area contributed by atoms with E-state index in [-0.39, 0.29) is 42.0 Å². The Bertz CT molecular complexity index is 1940. The van der Waals surface area contributed by atoms with Crippen LogP contribution in [-0.4, -0.2) is 108 Å². The van der Waals surface area contributed by atoms with Crippen LogP contribution in [0.4, 0.5) is 9.59 Å². The minimum Gasteiger partial charge on any atom is -0.453 e. The van der Waals surface area contributed by atoms with E-state index in [9.17, 15) is 19.2 Å². The summed E-state index contributed by atoms with van der Waals surface area (Å²) in [7, 11) is 1.29. The van der Waals surface area contributed by atoms with Crippen molar-refractivity contribution >= 4 is 36.4 Å². The summed E-state index contributed by atoms with van der Waals surface area (Å²) in [5, 5.41) is 9.02. The SMILES string of the molecule is C=N/C=C(\NC1CCCN1C(=O)[C@@H](NC(=O)O[C@@H]1CCOC1)C(C)C)c1ccc(-c2ccc(-c3cnc(C4CCCN4C(=O)[C@@H](NC(=O)OC)C(C)C)[nH]3)cc2)cc1. The van der Waals surface area contributed by atoms with Gasteiger partial charge in [-0.15, -0.1) is 0 Å². The summed E-state index contributed by atoms with van der Waals surface area (Å²) >= 11 is 0. The Kier molecular flexibility index (Phi) is 13.9. The van der Waals surface area contributed by atoms with Crippen molar-refractivity contribution in [1.29, 1.82) is 0 Å². The fourth-order valence-corrected chi connectivity index (χ4v) is 7.79. The average Bonchev–Trinajstić information content (AvgIpc) is 4.07. The molecule has 0 aliphatic carbocycles. The maximum Gasteiger partial charge on any atom is 0.408 e. The van der Waals surface area contributed by atoms with Crippen molar-refractivity contribution in [2.45, 2.75) is 90.2 Å². The highest BCUT2D eigenvalue weighted by molar-refractivity contribution is 5.87. The zero-order chi connectivity index (χ0) is 41.3. The third kappa shape index (κ3) is 9.87. The number of rotatable bonds is 14. The van der Waals surface area contributed by atoms with Crippen LogP contribution in [0.2, 0.25) is 0 Å². The molecule has 15 heteroatoms. The zero-order valence-corrected chi connectivity index (χ0v) is 34.0. The molecule has 0 bridgehead atoms. The zero-order valence-electron chi connectivity index (χ0n) is 34.0. The van der Waals surface area contributed by atoms with Crippen molar-refractivity contribution in [3.05, 3.63) is 72.3 Å². The van der Waals surface area contributed by atoms with Crippen molar-refractivity contribution in [1.82, 2.24) is 35.7 Å². The number of H-pyrrole nitrogens is 1. The Morgan fingerprint density at radius 3 is 2.09 bits per heavy atom. The molecule has 58 heavy (non-hydrogen) atoms. The van der Waals surface area contributed by atoms with Crippen LogP contribution < -0.4 is 16.0 Å². The molecule has 3 fully saturated rings. The molecular weight excluding hydrogens is 741 g/mol. The normalized spacial score (nSPS) is 20.5. The van der Waals surface area contributed by atoms with Gasteiger partial charge in [-0.1, -0.05) is 76.2 Å². The second-order valence-electron chi connectivity index (χ2n) is 15.7. The van der Waals surface area contributed by atoms with Crippen LogP contribution in [0.15, 0.2) is 65.9 Å². The Balaban J connectivity index is 1.09. The standard InChI is InChI=1S/C43H56N8O7/c1-26(2)37(48-42(54)56-6)40(52)50-20-7-9-35(50)39-45-24-34(47-39)31-17-13-29(14-18-31)28-11-15-30(16-12-28)33(23-44-5)46-36-10-8-21-51(36)41(53)38(27(3)4)49-43(55)58-32-19-22-57-25-32/h11-18,23-24,26-27,32,35-38,46H,5,7-10,19-22,25H2,1-4,6H3,(H,45,47)(H,48,54)(H,49,55)/b33-23-/t32-,35?,36?,37+,38+/m1/s1. The maximum absolute atomic E-state index is 13.8. The van der Waals surface area contributed by atoms with Gasteiger partial charge in [-0.05, 0) is 66.5 Å². The number of ether oxygens (including phenoxy) is 3. The summed E-state index contributed by atoms with van der Waals surface area (Å²) in [6, 6.07) is 14.6. The fraction of sp³-hybridized carbons (Fsp3) is 0.488. The van der Waals surface area contributed by atoms with Gasteiger partial charge in [0.05, 0.1) is 44.0 Å². The number of carbonyl (C=O) groups is 4. The van der Waals surface area contributed by atoms with Crippen molar-refractivity contribution in [2.75, 3.05) is 33.4 Å². The van der Waals surface area contributed by atoms with Crippen LogP contribution in [0.25, 0.3) is 28.1 Å². The van der Waals surface area contributed by atoms with Crippen molar-refractivity contribution in [3.63, 3.8) is 0 Å². The molecule has 3 aliphatic rings. The number of aromatic amines is 1. The van der Waals surface area contributed by atoms with E-state index in [4.69, 9.17) is 14.2 Å². The third-order valence-electron chi connectivity index (χ3n) is 11.0. The number of methoxy groups -OCH3 is 1. The monoisotopic (exact) mass is 796 g/mol. The van der Waals surface area contributed by atoms with Crippen LogP contribution in [0.3, 0.4) is 0 Å². The van der Waals surface area contributed by atoms with Crippen LogP contribution in [0.1, 0.15) is 77.2 Å². The Morgan fingerprint density at radius 1 is 0.862 bits per heavy atom. The van der Waals surface area contributed by atoms with Gasteiger partial charge in [-0.25, -0.2) is 14.6 Å². The Labute approximate surface area is 340 Å². The largest absolute Gasteiger partial charge is 0.453 e. The third-order valence-corrected chi connectivity index (χ3v) is 11.0. The van der Waals surface area contributed by atoms with Crippen molar-refractivity contribution < 1.29 is 33.4 Å². The number of nitrogens with zero attached hydrogens (tertiary/aromatic N) is 4. The summed E-state index contributed by atoms with van der Waals surface area (Å²) in [6.45, 7) is 13.3. The molecule has 0 spiro atoms. The van der Waals surface area contributed by atoms with Crippen LogP contribution in [-0.2, 0) is 23.8 Å². The van der Waals surface area contributed by atoms with Gasteiger partial charge in [0.1, 0.15) is 30.2 Å². The number of hydrogen-bond donors (Lipinski definition) is 4. The number of amides is 4. The van der Waals surface area contributed by atoms with E-state index >= 15 is 0 Å². The number of aliphatic imine (C=N–C) groups is 1. The molecule has 3 aliphatic heterocycles. The highest BCUT2D eigenvalue weighted by Gasteiger charge is 2.38. The highest BCUT2D eigenvalue weighted by Crippen LogP contribution is 2.33. The molecule has 310 valence electrons. The lowest BCUT2D eigenvalue weighted by atomic mass is 10.0. The molecule has 4 heterocycles. The molecule has 3 aromatic rings. The molecule has 2 unspecified atom stereocenters. The Hall–Kier alpha value is -5.70. The van der Waals surface area contributed by atoms with Crippen molar-refractivity contribution in [2.24, 2.45) is 16.8 Å². The first-order valence-corrected chi connectivity index (χ1v) is 20.2. The topological polar surface area (TPSA) is 180 Å². The minimum atomic E-state index is -0.739. The molecule has 6 rings (SSSR count). The molecule has 5 atom stereocenters. The van der Waals surface area contributed by atoms with Crippen LogP contribution >= 0.6 is 0 Å². The molecular formula is C43H56N8O7. The molecule has 15 nitrogen and oxygen atoms in total. The lowest BCUT2D eigenvalue weighted by Gasteiger charge is -2.32. The molecule has 3 saturated heterocycles. The number of nitrogens with one attached hydrogen (secondary N) is 4. The lowest BCUT2D eigenvalue weighted by molar-refractivity contribution is -0.136. The summed E-state index contributed by atoms with van der Waals surface area (Å²) in [5.74, 6) is 0.139. The second-order valence-corrected chi connectivity index (χ2v) is 15.7. The molecule has 0 saturated carbocycles.